The Morgan fingerprint density at radius 1 is 1.23 bits per heavy atom. The van der Waals surface area contributed by atoms with Crippen molar-refractivity contribution in [2.24, 2.45) is 5.92 Å². The van der Waals surface area contributed by atoms with Gasteiger partial charge in [0.25, 0.3) is 0 Å². The van der Waals surface area contributed by atoms with Crippen LogP contribution in [0.3, 0.4) is 0 Å². The largest absolute Gasteiger partial charge is 0.450 e. The third kappa shape index (κ3) is 7.25. The summed E-state index contributed by atoms with van der Waals surface area (Å²) in [5, 5.41) is 7.50. The minimum atomic E-state index is -0.251. The van der Waals surface area contributed by atoms with E-state index in [-0.39, 0.29) is 18.2 Å². The first-order chi connectivity index (χ1) is 15.1. The SMILES string of the molecule is C=CCN(Cc1ccsc1)CC1CCN(C(=O)NC2CCN(C(=O)OCC)CC2)CC1. The van der Waals surface area contributed by atoms with Crippen LogP contribution in [0, 0.1) is 5.92 Å². The molecule has 0 aliphatic carbocycles. The Bertz CT molecular complexity index is 696. The maximum atomic E-state index is 12.7. The highest BCUT2D eigenvalue weighted by Gasteiger charge is 2.28. The number of urea groups is 1. The van der Waals surface area contributed by atoms with Gasteiger partial charge in [0.2, 0.25) is 0 Å². The van der Waals surface area contributed by atoms with Gasteiger partial charge in [-0.15, -0.1) is 6.58 Å². The van der Waals surface area contributed by atoms with Crippen molar-refractivity contribution in [3.63, 3.8) is 0 Å². The van der Waals surface area contributed by atoms with Gasteiger partial charge in [-0.2, -0.15) is 11.3 Å². The van der Waals surface area contributed by atoms with Crippen LogP contribution in [0.4, 0.5) is 9.59 Å². The van der Waals surface area contributed by atoms with E-state index in [9.17, 15) is 9.59 Å². The molecule has 2 aliphatic rings. The fourth-order valence-electron chi connectivity index (χ4n) is 4.40. The van der Waals surface area contributed by atoms with Gasteiger partial charge in [-0.3, -0.25) is 4.90 Å². The van der Waals surface area contributed by atoms with Crippen molar-refractivity contribution in [1.29, 1.82) is 0 Å². The molecule has 7 nitrogen and oxygen atoms in total. The standard InChI is InChI=1S/C23H36N4O3S/c1-3-10-25(17-20-9-15-31-18-20)16-19-5-11-26(12-6-19)22(28)24-21-7-13-27(14-8-21)23(29)30-4-2/h3,9,15,18-19,21H,1,4-8,10-14,16-17H2,2H3,(H,24,28). The van der Waals surface area contributed by atoms with Crippen LogP contribution in [0.5, 0.6) is 0 Å². The summed E-state index contributed by atoms with van der Waals surface area (Å²) in [6, 6.07) is 2.35. The van der Waals surface area contributed by atoms with Gasteiger partial charge < -0.3 is 19.9 Å². The number of piperidine rings is 2. The van der Waals surface area contributed by atoms with Gasteiger partial charge in [0, 0.05) is 51.9 Å². The van der Waals surface area contributed by atoms with Crippen LogP contribution in [0.1, 0.15) is 38.2 Å². The van der Waals surface area contributed by atoms with Crippen LogP contribution in [-0.2, 0) is 11.3 Å². The number of amides is 3. The number of likely N-dealkylation sites (tertiary alicyclic amines) is 2. The van der Waals surface area contributed by atoms with Crippen molar-refractivity contribution in [1.82, 2.24) is 20.0 Å². The molecule has 2 aliphatic heterocycles. The number of thiophene rings is 1. The van der Waals surface area contributed by atoms with Crippen LogP contribution in [0.25, 0.3) is 0 Å². The summed E-state index contributed by atoms with van der Waals surface area (Å²) in [7, 11) is 0. The molecule has 3 amide bonds. The van der Waals surface area contributed by atoms with Crippen molar-refractivity contribution in [2.45, 2.75) is 45.2 Å². The predicted molar refractivity (Wildman–Crippen MR) is 124 cm³/mol. The molecule has 0 radical (unpaired) electrons. The summed E-state index contributed by atoms with van der Waals surface area (Å²) < 4.78 is 5.06. The minimum absolute atomic E-state index is 0.0363. The Hall–Kier alpha value is -2.06. The van der Waals surface area contributed by atoms with Gasteiger partial charge in [-0.1, -0.05) is 6.08 Å². The molecule has 1 aromatic rings. The third-order valence-electron chi connectivity index (χ3n) is 6.14. The molecule has 2 fully saturated rings. The van der Waals surface area contributed by atoms with Crippen molar-refractivity contribution in [2.75, 3.05) is 45.9 Å². The minimum Gasteiger partial charge on any atom is -0.450 e. The van der Waals surface area contributed by atoms with Gasteiger partial charge in [-0.25, -0.2) is 9.59 Å². The molecule has 0 saturated carbocycles. The molecule has 0 spiro atoms. The lowest BCUT2D eigenvalue weighted by atomic mass is 9.96. The van der Waals surface area contributed by atoms with E-state index in [2.05, 4.69) is 33.6 Å². The first-order valence-electron chi connectivity index (χ1n) is 11.4. The van der Waals surface area contributed by atoms with Gasteiger partial charge in [0.15, 0.2) is 0 Å². The highest BCUT2D eigenvalue weighted by molar-refractivity contribution is 7.07. The first kappa shape index (κ1) is 23.6. The summed E-state index contributed by atoms with van der Waals surface area (Å²) >= 11 is 1.74. The van der Waals surface area contributed by atoms with E-state index in [1.807, 2.05) is 17.9 Å². The van der Waals surface area contributed by atoms with E-state index in [0.717, 1.165) is 58.4 Å². The van der Waals surface area contributed by atoms with Crippen LogP contribution in [0.15, 0.2) is 29.5 Å². The number of rotatable bonds is 8. The van der Waals surface area contributed by atoms with Gasteiger partial charge >= 0.3 is 12.1 Å². The van der Waals surface area contributed by atoms with Crippen molar-refractivity contribution in [3.8, 4) is 0 Å². The Balaban J connectivity index is 1.37. The molecule has 1 N–H and O–H groups in total. The molecule has 8 heteroatoms. The lowest BCUT2D eigenvalue weighted by Gasteiger charge is -2.36. The maximum Gasteiger partial charge on any atom is 0.409 e. The number of nitrogens with one attached hydrogen (secondary N) is 1. The Morgan fingerprint density at radius 3 is 2.55 bits per heavy atom. The number of carbonyl (C=O) groups excluding carboxylic acids is 2. The van der Waals surface area contributed by atoms with Crippen molar-refractivity contribution >= 4 is 23.5 Å². The quantitative estimate of drug-likeness (QED) is 0.615. The van der Waals surface area contributed by atoms with E-state index in [1.165, 1.54) is 5.56 Å². The Labute approximate surface area is 190 Å². The highest BCUT2D eigenvalue weighted by Crippen LogP contribution is 2.21. The molecule has 0 aromatic carbocycles. The van der Waals surface area contributed by atoms with Crippen LogP contribution >= 0.6 is 11.3 Å². The molecule has 0 bridgehead atoms. The van der Waals surface area contributed by atoms with Gasteiger partial charge in [0.05, 0.1) is 6.61 Å². The van der Waals surface area contributed by atoms with E-state index in [1.54, 1.807) is 16.2 Å². The number of nitrogens with zero attached hydrogens (tertiary/aromatic N) is 3. The van der Waals surface area contributed by atoms with Crippen molar-refractivity contribution in [3.05, 3.63) is 35.0 Å². The second-order valence-electron chi connectivity index (χ2n) is 8.45. The smallest absolute Gasteiger partial charge is 0.409 e. The van der Waals surface area contributed by atoms with E-state index in [4.69, 9.17) is 4.74 Å². The maximum absolute atomic E-state index is 12.7. The number of ether oxygens (including phenoxy) is 1. The molecule has 172 valence electrons. The fourth-order valence-corrected chi connectivity index (χ4v) is 5.06. The molecule has 31 heavy (non-hydrogen) atoms. The molecule has 2 saturated heterocycles. The molecule has 0 atom stereocenters. The second kappa shape index (κ2) is 12.1. The molecule has 3 rings (SSSR count). The first-order valence-corrected chi connectivity index (χ1v) is 12.3. The monoisotopic (exact) mass is 448 g/mol. The summed E-state index contributed by atoms with van der Waals surface area (Å²) in [5.74, 6) is 0.607. The van der Waals surface area contributed by atoms with Crippen LogP contribution < -0.4 is 5.32 Å². The number of hydrogen-bond donors (Lipinski definition) is 1. The highest BCUT2D eigenvalue weighted by atomic mass is 32.1. The molecular formula is C23H36N4O3S. The lowest BCUT2D eigenvalue weighted by Crippen LogP contribution is -2.52. The van der Waals surface area contributed by atoms with E-state index < -0.39 is 0 Å². The third-order valence-corrected chi connectivity index (χ3v) is 6.87. The average molecular weight is 449 g/mol. The normalized spacial score (nSPS) is 18.3. The zero-order chi connectivity index (χ0) is 22.1. The topological polar surface area (TPSA) is 65.1 Å². The fraction of sp³-hybridized carbons (Fsp3) is 0.652. The zero-order valence-electron chi connectivity index (χ0n) is 18.6. The zero-order valence-corrected chi connectivity index (χ0v) is 19.4. The molecule has 1 aromatic heterocycles. The Morgan fingerprint density at radius 2 is 1.94 bits per heavy atom. The molecule has 3 heterocycles. The number of carbonyl (C=O) groups is 2. The molecule has 0 unspecified atom stereocenters. The summed E-state index contributed by atoms with van der Waals surface area (Å²) in [6.45, 7) is 11.9. The summed E-state index contributed by atoms with van der Waals surface area (Å²) in [5.41, 5.74) is 1.36. The lowest BCUT2D eigenvalue weighted by molar-refractivity contribution is 0.0945. The molecular weight excluding hydrogens is 412 g/mol. The van der Waals surface area contributed by atoms with E-state index in [0.29, 0.717) is 25.6 Å². The van der Waals surface area contributed by atoms with E-state index >= 15 is 0 Å². The summed E-state index contributed by atoms with van der Waals surface area (Å²) in [4.78, 5) is 30.7. The summed E-state index contributed by atoms with van der Waals surface area (Å²) in [6.07, 6.45) is 5.35. The van der Waals surface area contributed by atoms with Crippen LogP contribution in [-0.4, -0.2) is 78.7 Å². The van der Waals surface area contributed by atoms with Gasteiger partial charge in [0.1, 0.15) is 0 Å². The second-order valence-corrected chi connectivity index (χ2v) is 9.23. The average Bonchev–Trinajstić information content (AvgIpc) is 3.28. The van der Waals surface area contributed by atoms with Crippen molar-refractivity contribution < 1.29 is 14.3 Å². The van der Waals surface area contributed by atoms with Gasteiger partial charge in [-0.05, 0) is 60.9 Å². The number of hydrogen-bond acceptors (Lipinski definition) is 5. The Kier molecular flexibility index (Phi) is 9.21. The van der Waals surface area contributed by atoms with Crippen LogP contribution in [0.2, 0.25) is 0 Å². The predicted octanol–water partition coefficient (Wildman–Crippen LogP) is 3.78.